The summed E-state index contributed by atoms with van der Waals surface area (Å²) < 4.78 is 5.54. The zero-order chi connectivity index (χ0) is 8.81. The van der Waals surface area contributed by atoms with Crippen molar-refractivity contribution in [2.45, 2.75) is 37.8 Å². The molecule has 0 spiro atoms. The van der Waals surface area contributed by atoms with Crippen molar-refractivity contribution >= 4 is 0 Å². The molecule has 0 aromatic heterocycles. The van der Waals surface area contributed by atoms with Crippen molar-refractivity contribution in [3.05, 3.63) is 0 Å². The molecule has 1 rings (SSSR count). The van der Waals surface area contributed by atoms with Crippen molar-refractivity contribution in [1.82, 2.24) is 5.32 Å². The molecule has 2 nitrogen and oxygen atoms in total. The minimum atomic E-state index is 0.333. The average molecular weight is 167 g/mol. The van der Waals surface area contributed by atoms with E-state index < -0.39 is 0 Å². The van der Waals surface area contributed by atoms with Crippen LogP contribution in [0.2, 0.25) is 0 Å². The molecule has 1 saturated carbocycles. The molecule has 0 aromatic rings. The Morgan fingerprint density at radius 1 is 1.50 bits per heavy atom. The summed E-state index contributed by atoms with van der Waals surface area (Å²) in [5.41, 5.74) is 0. The molecule has 0 radical (unpaired) electrons. The molecule has 1 fully saturated rings. The first kappa shape index (κ1) is 9.57. The zero-order valence-corrected chi connectivity index (χ0v) is 7.68. The van der Waals surface area contributed by atoms with Crippen LogP contribution >= 0.6 is 0 Å². The monoisotopic (exact) mass is 167 g/mol. The highest BCUT2D eigenvalue weighted by molar-refractivity contribution is 4.86. The summed E-state index contributed by atoms with van der Waals surface area (Å²) in [6, 6.07) is 0.507. The number of hydrogen-bond acceptors (Lipinski definition) is 2. The van der Waals surface area contributed by atoms with Crippen LogP contribution in [0.3, 0.4) is 0 Å². The van der Waals surface area contributed by atoms with Crippen LogP contribution in [0.1, 0.15) is 25.7 Å². The smallest absolute Gasteiger partial charge is 0.107 e. The van der Waals surface area contributed by atoms with Crippen LogP contribution in [-0.4, -0.2) is 25.8 Å². The van der Waals surface area contributed by atoms with Crippen molar-refractivity contribution in [2.75, 3.05) is 13.7 Å². The molecule has 2 unspecified atom stereocenters. The minimum absolute atomic E-state index is 0.333. The summed E-state index contributed by atoms with van der Waals surface area (Å²) in [5, 5.41) is 3.27. The Morgan fingerprint density at radius 2 is 2.25 bits per heavy atom. The summed E-state index contributed by atoms with van der Waals surface area (Å²) >= 11 is 0. The Balaban J connectivity index is 2.32. The van der Waals surface area contributed by atoms with E-state index >= 15 is 0 Å². The number of likely N-dealkylation sites (N-methyl/N-ethyl adjacent to an activating group) is 1. The predicted molar refractivity (Wildman–Crippen MR) is 49.9 cm³/mol. The number of hydrogen-bond donors (Lipinski definition) is 1. The van der Waals surface area contributed by atoms with Crippen molar-refractivity contribution < 1.29 is 4.74 Å². The molecule has 0 aliphatic heterocycles. The molecule has 0 amide bonds. The van der Waals surface area contributed by atoms with Gasteiger partial charge in [0.1, 0.15) is 6.61 Å². The van der Waals surface area contributed by atoms with E-state index in [0.717, 1.165) is 6.42 Å². The molecular formula is C10H17NO. The lowest BCUT2D eigenvalue weighted by Gasteiger charge is -2.30. The van der Waals surface area contributed by atoms with Crippen LogP contribution in [0, 0.1) is 12.3 Å². The lowest BCUT2D eigenvalue weighted by Crippen LogP contribution is -2.41. The summed E-state index contributed by atoms with van der Waals surface area (Å²) in [7, 11) is 1.99. The van der Waals surface area contributed by atoms with Gasteiger partial charge in [0.25, 0.3) is 0 Å². The summed E-state index contributed by atoms with van der Waals surface area (Å²) in [4.78, 5) is 0. The van der Waals surface area contributed by atoms with E-state index in [1.807, 2.05) is 7.05 Å². The Hall–Kier alpha value is -0.520. The molecule has 68 valence electrons. The molecule has 12 heavy (non-hydrogen) atoms. The van der Waals surface area contributed by atoms with E-state index in [9.17, 15) is 0 Å². The van der Waals surface area contributed by atoms with Crippen LogP contribution < -0.4 is 5.32 Å². The van der Waals surface area contributed by atoms with Gasteiger partial charge in [0.05, 0.1) is 6.10 Å². The van der Waals surface area contributed by atoms with Crippen LogP contribution in [0.4, 0.5) is 0 Å². The van der Waals surface area contributed by atoms with Crippen LogP contribution in [0.15, 0.2) is 0 Å². The van der Waals surface area contributed by atoms with Crippen LogP contribution in [-0.2, 0) is 4.74 Å². The number of nitrogens with one attached hydrogen (secondary N) is 1. The number of ether oxygens (including phenoxy) is 1. The maximum atomic E-state index is 5.54. The van der Waals surface area contributed by atoms with E-state index in [1.165, 1.54) is 19.3 Å². The molecule has 2 atom stereocenters. The van der Waals surface area contributed by atoms with Crippen molar-refractivity contribution in [3.63, 3.8) is 0 Å². The second kappa shape index (κ2) is 5.18. The maximum absolute atomic E-state index is 5.54. The lowest BCUT2D eigenvalue weighted by atomic mass is 9.92. The third-order valence-electron chi connectivity index (χ3n) is 2.45. The van der Waals surface area contributed by atoms with Gasteiger partial charge in [-0.15, -0.1) is 6.42 Å². The van der Waals surface area contributed by atoms with E-state index in [4.69, 9.17) is 11.2 Å². The Kier molecular flexibility index (Phi) is 4.13. The Morgan fingerprint density at radius 3 is 2.92 bits per heavy atom. The highest BCUT2D eigenvalue weighted by Gasteiger charge is 2.23. The Labute approximate surface area is 74.7 Å². The molecule has 0 saturated heterocycles. The highest BCUT2D eigenvalue weighted by Crippen LogP contribution is 2.20. The normalized spacial score (nSPS) is 29.7. The zero-order valence-electron chi connectivity index (χ0n) is 7.68. The second-order valence-corrected chi connectivity index (χ2v) is 3.23. The third-order valence-corrected chi connectivity index (χ3v) is 2.45. The quantitative estimate of drug-likeness (QED) is 0.637. The van der Waals surface area contributed by atoms with Gasteiger partial charge in [-0.3, -0.25) is 0 Å². The van der Waals surface area contributed by atoms with E-state index in [-0.39, 0.29) is 0 Å². The average Bonchev–Trinajstić information content (AvgIpc) is 2.15. The Bertz CT molecular complexity index is 162. The van der Waals surface area contributed by atoms with Gasteiger partial charge < -0.3 is 10.1 Å². The molecule has 1 N–H and O–H groups in total. The predicted octanol–water partition coefficient (Wildman–Crippen LogP) is 1.17. The molecule has 0 aromatic carbocycles. The number of rotatable bonds is 3. The van der Waals surface area contributed by atoms with Crippen LogP contribution in [0.5, 0.6) is 0 Å². The SMILES string of the molecule is C#CCOC1CCCCC1NC. The van der Waals surface area contributed by atoms with Gasteiger partial charge in [-0.25, -0.2) is 0 Å². The van der Waals surface area contributed by atoms with Crippen molar-refractivity contribution in [3.8, 4) is 12.3 Å². The first-order chi connectivity index (χ1) is 5.88. The molecule has 2 heteroatoms. The van der Waals surface area contributed by atoms with E-state index in [2.05, 4.69) is 11.2 Å². The fourth-order valence-corrected chi connectivity index (χ4v) is 1.78. The van der Waals surface area contributed by atoms with Crippen molar-refractivity contribution in [1.29, 1.82) is 0 Å². The third kappa shape index (κ3) is 2.51. The summed E-state index contributed by atoms with van der Waals surface area (Å²) in [6.07, 6.45) is 10.4. The fraction of sp³-hybridized carbons (Fsp3) is 0.800. The van der Waals surface area contributed by atoms with Crippen LogP contribution in [0.25, 0.3) is 0 Å². The molecule has 0 bridgehead atoms. The first-order valence-electron chi connectivity index (χ1n) is 4.61. The number of terminal acetylenes is 1. The van der Waals surface area contributed by atoms with Gasteiger partial charge in [-0.2, -0.15) is 0 Å². The van der Waals surface area contributed by atoms with E-state index in [1.54, 1.807) is 0 Å². The molecule has 1 aliphatic rings. The molecule has 1 aliphatic carbocycles. The molecule has 0 heterocycles. The summed E-state index contributed by atoms with van der Waals surface area (Å²) in [5.74, 6) is 2.51. The van der Waals surface area contributed by atoms with E-state index in [0.29, 0.717) is 18.8 Å². The second-order valence-electron chi connectivity index (χ2n) is 3.23. The fourth-order valence-electron chi connectivity index (χ4n) is 1.78. The highest BCUT2D eigenvalue weighted by atomic mass is 16.5. The minimum Gasteiger partial charge on any atom is -0.364 e. The molecular weight excluding hydrogens is 150 g/mol. The first-order valence-corrected chi connectivity index (χ1v) is 4.61. The largest absolute Gasteiger partial charge is 0.364 e. The standard InChI is InChI=1S/C10H17NO/c1-3-8-12-10-7-5-4-6-9(10)11-2/h1,9-11H,4-8H2,2H3. The van der Waals surface area contributed by atoms with Gasteiger partial charge in [0.2, 0.25) is 0 Å². The summed E-state index contributed by atoms with van der Waals surface area (Å²) in [6.45, 7) is 0.447. The van der Waals surface area contributed by atoms with Gasteiger partial charge in [-0.05, 0) is 19.9 Å². The van der Waals surface area contributed by atoms with Crippen molar-refractivity contribution in [2.24, 2.45) is 0 Å². The van der Waals surface area contributed by atoms with Gasteiger partial charge >= 0.3 is 0 Å². The van der Waals surface area contributed by atoms with Gasteiger partial charge in [0, 0.05) is 6.04 Å². The maximum Gasteiger partial charge on any atom is 0.107 e. The lowest BCUT2D eigenvalue weighted by molar-refractivity contribution is 0.0258. The van der Waals surface area contributed by atoms with Gasteiger partial charge in [0.15, 0.2) is 0 Å². The van der Waals surface area contributed by atoms with Gasteiger partial charge in [-0.1, -0.05) is 18.8 Å². The topological polar surface area (TPSA) is 21.3 Å².